The lowest BCUT2D eigenvalue weighted by Gasteiger charge is -2.35. The number of benzene rings is 4. The monoisotopic (exact) mass is 810 g/mol. The number of nitro benzene ring substituents is 1. The van der Waals surface area contributed by atoms with E-state index in [1.807, 2.05) is 54.6 Å². The zero-order valence-electron chi connectivity index (χ0n) is 28.8. The maximum Gasteiger partial charge on any atom is 0.273 e. The van der Waals surface area contributed by atoms with Crippen molar-refractivity contribution in [3.05, 3.63) is 127 Å². The van der Waals surface area contributed by atoms with Crippen molar-refractivity contribution in [2.24, 2.45) is 0 Å². The molecule has 4 aromatic rings. The number of hydrogen-bond acceptors (Lipinski definition) is 7. The smallest absolute Gasteiger partial charge is 0.273 e. The van der Waals surface area contributed by atoms with E-state index >= 15 is 0 Å². The fourth-order valence-corrected chi connectivity index (χ4v) is 8.20. The number of nitrogens with one attached hydrogen (secondary N) is 1. The first-order valence-corrected chi connectivity index (χ1v) is 19.5. The molecule has 0 aliphatic heterocycles. The summed E-state index contributed by atoms with van der Waals surface area (Å²) in [7, 11) is -3.33. The number of aryl methyl sites for hydroxylation is 1. The molecule has 1 saturated carbocycles. The second-order valence-corrected chi connectivity index (χ2v) is 15.9. The normalized spacial score (nSPS) is 13.9. The lowest BCUT2D eigenvalue weighted by Crippen LogP contribution is -2.55. The highest BCUT2D eigenvalue weighted by molar-refractivity contribution is 9.10. The van der Waals surface area contributed by atoms with Gasteiger partial charge in [0.25, 0.3) is 15.7 Å². The standard InChI is InChI=1S/C38H40BrClN4O7S/c1-26-13-19-32(23-33(26)44(47)48)52(49,50)43(34-22-30(40)18-20-36(34)51-2)25-37(45)42(24-28-14-16-29(39)17-15-28)35(21-27-9-5-3-6-10-27)38(46)41-31-11-7-4-8-12-31/h3,5-6,9-10,13-20,22-23,31,35H,4,7-8,11-12,21,24-25H2,1-2H3,(H,41,46)/t35-/m0/s1. The summed E-state index contributed by atoms with van der Waals surface area (Å²) in [5.74, 6) is -0.933. The molecule has 274 valence electrons. The van der Waals surface area contributed by atoms with Gasteiger partial charge in [-0.3, -0.25) is 24.0 Å². The molecule has 0 heterocycles. The number of anilines is 1. The van der Waals surface area contributed by atoms with Gasteiger partial charge in [0.05, 0.1) is 22.6 Å². The minimum atomic E-state index is -4.67. The molecular formula is C38H40BrClN4O7S. The third-order valence-electron chi connectivity index (χ3n) is 9.14. The van der Waals surface area contributed by atoms with E-state index in [-0.39, 0.29) is 46.9 Å². The van der Waals surface area contributed by atoms with Gasteiger partial charge < -0.3 is 15.0 Å². The Labute approximate surface area is 317 Å². The van der Waals surface area contributed by atoms with Crippen molar-refractivity contribution in [2.45, 2.75) is 69.0 Å². The molecule has 0 radical (unpaired) electrons. The molecule has 0 unspecified atom stereocenters. The van der Waals surface area contributed by atoms with Gasteiger partial charge in [-0.25, -0.2) is 8.42 Å². The maximum atomic E-state index is 14.9. The molecule has 0 saturated heterocycles. The molecule has 2 amide bonds. The Morgan fingerprint density at radius 1 is 0.981 bits per heavy atom. The number of carbonyl (C=O) groups is 2. The van der Waals surface area contributed by atoms with Crippen molar-refractivity contribution in [3.8, 4) is 5.75 Å². The first-order valence-electron chi connectivity index (χ1n) is 16.9. The van der Waals surface area contributed by atoms with E-state index in [2.05, 4.69) is 21.2 Å². The molecule has 11 nitrogen and oxygen atoms in total. The van der Waals surface area contributed by atoms with Crippen LogP contribution in [-0.2, 0) is 32.6 Å². The summed E-state index contributed by atoms with van der Waals surface area (Å²) in [5, 5.41) is 15.2. The van der Waals surface area contributed by atoms with E-state index in [0.29, 0.717) is 5.56 Å². The van der Waals surface area contributed by atoms with E-state index in [1.54, 1.807) is 0 Å². The number of halogens is 2. The van der Waals surface area contributed by atoms with Crippen LogP contribution in [-0.4, -0.2) is 55.8 Å². The zero-order valence-corrected chi connectivity index (χ0v) is 32.0. The van der Waals surface area contributed by atoms with Crippen LogP contribution in [0.4, 0.5) is 11.4 Å². The van der Waals surface area contributed by atoms with E-state index in [0.717, 1.165) is 52.5 Å². The van der Waals surface area contributed by atoms with Gasteiger partial charge in [0.2, 0.25) is 11.8 Å². The first kappa shape index (κ1) is 38.8. The van der Waals surface area contributed by atoms with Gasteiger partial charge in [-0.1, -0.05) is 95.3 Å². The summed E-state index contributed by atoms with van der Waals surface area (Å²) >= 11 is 9.83. The van der Waals surface area contributed by atoms with Gasteiger partial charge in [0.15, 0.2) is 0 Å². The predicted molar refractivity (Wildman–Crippen MR) is 204 cm³/mol. The van der Waals surface area contributed by atoms with Crippen LogP contribution >= 0.6 is 27.5 Å². The van der Waals surface area contributed by atoms with E-state index in [9.17, 15) is 28.1 Å². The molecule has 1 aliphatic rings. The van der Waals surface area contributed by atoms with Crippen molar-refractivity contribution in [3.63, 3.8) is 0 Å². The second kappa shape index (κ2) is 17.4. The highest BCUT2D eigenvalue weighted by Gasteiger charge is 2.37. The summed E-state index contributed by atoms with van der Waals surface area (Å²) < 4.78 is 36.3. The Bertz CT molecular complexity index is 2010. The fourth-order valence-electron chi connectivity index (χ4n) is 6.33. The Morgan fingerprint density at radius 2 is 1.67 bits per heavy atom. The van der Waals surface area contributed by atoms with Crippen molar-refractivity contribution >= 4 is 60.7 Å². The average Bonchev–Trinajstić information content (AvgIpc) is 3.13. The van der Waals surface area contributed by atoms with Gasteiger partial charge in [-0.05, 0) is 67.3 Å². The number of rotatable bonds is 14. The summed E-state index contributed by atoms with van der Waals surface area (Å²) in [4.78, 5) is 41.4. The molecule has 0 spiro atoms. The third-order valence-corrected chi connectivity index (χ3v) is 11.7. The van der Waals surface area contributed by atoms with Crippen LogP contribution in [0.1, 0.15) is 48.8 Å². The number of ether oxygens (including phenoxy) is 1. The molecule has 1 atom stereocenters. The van der Waals surface area contributed by atoms with Crippen molar-refractivity contribution in [2.75, 3.05) is 18.0 Å². The minimum Gasteiger partial charge on any atom is -0.495 e. The van der Waals surface area contributed by atoms with Gasteiger partial charge in [-0.15, -0.1) is 0 Å². The van der Waals surface area contributed by atoms with Gasteiger partial charge in [0.1, 0.15) is 18.3 Å². The number of carbonyl (C=O) groups excluding carboxylic acids is 2. The molecule has 0 bridgehead atoms. The molecular weight excluding hydrogens is 772 g/mol. The van der Waals surface area contributed by atoms with Crippen molar-refractivity contribution in [1.82, 2.24) is 10.2 Å². The first-order chi connectivity index (χ1) is 24.9. The molecule has 5 rings (SSSR count). The summed E-state index contributed by atoms with van der Waals surface area (Å²) in [6.07, 6.45) is 4.89. The zero-order chi connectivity index (χ0) is 37.4. The Hall–Kier alpha value is -4.46. The molecule has 52 heavy (non-hydrogen) atoms. The van der Waals surface area contributed by atoms with Crippen molar-refractivity contribution < 1.29 is 27.7 Å². The molecule has 1 fully saturated rings. The molecule has 1 aliphatic carbocycles. The Kier molecular flexibility index (Phi) is 12.9. The molecule has 4 aromatic carbocycles. The molecule has 1 N–H and O–H groups in total. The molecule has 0 aromatic heterocycles. The van der Waals surface area contributed by atoms with Crippen LogP contribution in [0, 0.1) is 17.0 Å². The largest absolute Gasteiger partial charge is 0.495 e. The summed E-state index contributed by atoms with van der Waals surface area (Å²) in [6.45, 7) is 0.707. The highest BCUT2D eigenvalue weighted by atomic mass is 79.9. The van der Waals surface area contributed by atoms with E-state index < -0.39 is 44.0 Å². The average molecular weight is 812 g/mol. The van der Waals surface area contributed by atoms with E-state index in [1.165, 1.54) is 49.3 Å². The minimum absolute atomic E-state index is 0.0156. The van der Waals surface area contributed by atoms with Crippen LogP contribution in [0.25, 0.3) is 0 Å². The quantitative estimate of drug-likeness (QED) is 0.102. The maximum absolute atomic E-state index is 14.9. The molecule has 14 heteroatoms. The SMILES string of the molecule is COc1ccc(Cl)cc1N(CC(=O)N(Cc1ccc(Br)cc1)[C@@H](Cc1ccccc1)C(=O)NC1CCCCC1)S(=O)(=O)c1ccc(C)c([N+](=O)[O-])c1. The van der Waals surface area contributed by atoms with E-state index in [4.69, 9.17) is 16.3 Å². The van der Waals surface area contributed by atoms with Crippen LogP contribution in [0.3, 0.4) is 0 Å². The van der Waals surface area contributed by atoms with Crippen LogP contribution in [0.2, 0.25) is 5.02 Å². The Balaban J connectivity index is 1.63. The van der Waals surface area contributed by atoms with Crippen LogP contribution < -0.4 is 14.4 Å². The van der Waals surface area contributed by atoms with Crippen LogP contribution in [0.5, 0.6) is 5.75 Å². The number of amides is 2. The van der Waals surface area contributed by atoms with Gasteiger partial charge in [0, 0.05) is 40.1 Å². The van der Waals surface area contributed by atoms with Gasteiger partial charge >= 0.3 is 0 Å². The topological polar surface area (TPSA) is 139 Å². The number of nitrogens with zero attached hydrogens (tertiary/aromatic N) is 3. The van der Waals surface area contributed by atoms with Gasteiger partial charge in [-0.2, -0.15) is 0 Å². The lowest BCUT2D eigenvalue weighted by molar-refractivity contribution is -0.385. The summed E-state index contributed by atoms with van der Waals surface area (Å²) in [5.41, 5.74) is 1.34. The number of hydrogen-bond donors (Lipinski definition) is 1. The summed E-state index contributed by atoms with van der Waals surface area (Å²) in [6, 6.07) is 23.4. The number of nitro groups is 1. The third kappa shape index (κ3) is 9.50. The Morgan fingerprint density at radius 3 is 2.33 bits per heavy atom. The second-order valence-electron chi connectivity index (χ2n) is 12.7. The highest BCUT2D eigenvalue weighted by Crippen LogP contribution is 2.36. The number of sulfonamides is 1. The predicted octanol–water partition coefficient (Wildman–Crippen LogP) is 7.61. The van der Waals surface area contributed by atoms with Crippen LogP contribution in [0.15, 0.2) is 100 Å². The van der Waals surface area contributed by atoms with Crippen molar-refractivity contribution in [1.29, 1.82) is 0 Å². The lowest BCUT2D eigenvalue weighted by atomic mass is 9.94. The number of methoxy groups -OCH3 is 1. The fraction of sp³-hybridized carbons (Fsp3) is 0.316.